The van der Waals surface area contributed by atoms with E-state index in [9.17, 15) is 23.6 Å². The van der Waals surface area contributed by atoms with Gasteiger partial charge in [0, 0.05) is 28.9 Å². The van der Waals surface area contributed by atoms with Gasteiger partial charge in [-0.05, 0) is 61.2 Å². The molecule has 0 N–H and O–H groups in total. The smallest absolute Gasteiger partial charge is 0.308 e. The zero-order chi connectivity index (χ0) is 26.6. The Morgan fingerprint density at radius 2 is 1.63 bits per heavy atom. The fraction of sp³-hybridized carbons (Fsp3) is 0.333. The highest BCUT2D eigenvalue weighted by molar-refractivity contribution is 8.00. The number of anilines is 1. The van der Waals surface area contributed by atoms with Crippen LogP contribution < -0.4 is 9.77 Å². The van der Waals surface area contributed by atoms with Gasteiger partial charge in [-0.2, -0.15) is 0 Å². The maximum Gasteiger partial charge on any atom is 0.308 e. The normalized spacial score (nSPS) is 22.9. The predicted octanol–water partition coefficient (Wildman–Crippen LogP) is 4.51. The van der Waals surface area contributed by atoms with E-state index in [1.54, 1.807) is 41.3 Å². The number of imide groups is 1. The van der Waals surface area contributed by atoms with Crippen LogP contribution in [0.25, 0.3) is 0 Å². The van der Waals surface area contributed by atoms with E-state index < -0.39 is 28.8 Å². The second kappa shape index (κ2) is 9.98. The van der Waals surface area contributed by atoms with E-state index in [0.717, 1.165) is 30.6 Å². The van der Waals surface area contributed by atoms with Crippen molar-refractivity contribution in [3.8, 4) is 0 Å². The number of hydrogen-bond acceptors (Lipinski definition) is 6. The summed E-state index contributed by atoms with van der Waals surface area (Å²) in [5.74, 6) is -2.75. The number of rotatable bonds is 4. The average Bonchev–Trinajstić information content (AvgIpc) is 3.36. The number of amides is 3. The Kier molecular flexibility index (Phi) is 6.65. The number of piperidine rings is 1. The number of halogens is 2. The van der Waals surface area contributed by atoms with Crippen molar-refractivity contribution < 1.29 is 18.8 Å². The molecule has 3 atom stereocenters. The molecule has 0 bridgehead atoms. The molecule has 1 aromatic heterocycles. The Bertz CT molecular complexity index is 1480. The number of hydrogen-bond donors (Lipinski definition) is 0. The molecule has 3 aliphatic heterocycles. The molecule has 3 amide bonds. The molecule has 0 radical (unpaired) electrons. The maximum atomic E-state index is 13.8. The second-order valence-corrected chi connectivity index (χ2v) is 12.2. The lowest BCUT2D eigenvalue weighted by atomic mass is 9.83. The minimum absolute atomic E-state index is 0.117. The number of carbonyl (C=O) groups excluding carboxylic acids is 3. The Morgan fingerprint density at radius 3 is 2.32 bits per heavy atom. The van der Waals surface area contributed by atoms with E-state index in [1.807, 2.05) is 0 Å². The van der Waals surface area contributed by atoms with Crippen molar-refractivity contribution in [3.05, 3.63) is 79.5 Å². The number of aromatic nitrogens is 1. The van der Waals surface area contributed by atoms with Gasteiger partial charge in [-0.1, -0.05) is 46.8 Å². The van der Waals surface area contributed by atoms with Crippen LogP contribution in [0.2, 0.25) is 5.02 Å². The Morgan fingerprint density at radius 1 is 0.947 bits per heavy atom. The summed E-state index contributed by atoms with van der Waals surface area (Å²) in [4.78, 5) is 57.1. The topological polar surface area (TPSA) is 79.7 Å². The summed E-state index contributed by atoms with van der Waals surface area (Å²) in [6.45, 7) is 1.21. The molecule has 196 valence electrons. The molecule has 7 nitrogen and oxygen atoms in total. The van der Waals surface area contributed by atoms with Gasteiger partial charge in [0.25, 0.3) is 0 Å². The molecule has 0 spiro atoms. The molecule has 3 aromatic rings. The third-order valence-corrected chi connectivity index (χ3v) is 10.2. The van der Waals surface area contributed by atoms with Crippen molar-refractivity contribution in [1.82, 2.24) is 9.47 Å². The minimum atomic E-state index is -0.800. The molecule has 2 aromatic carbocycles. The molecular weight excluding hydrogens is 549 g/mol. The predicted molar refractivity (Wildman–Crippen MR) is 144 cm³/mol. The zero-order valence-electron chi connectivity index (χ0n) is 20.1. The Labute approximate surface area is 231 Å². The van der Waals surface area contributed by atoms with Crippen LogP contribution in [-0.4, -0.2) is 45.5 Å². The van der Waals surface area contributed by atoms with Crippen LogP contribution in [0.5, 0.6) is 0 Å². The van der Waals surface area contributed by atoms with Crippen LogP contribution in [0.3, 0.4) is 0 Å². The van der Waals surface area contributed by atoms with E-state index in [1.165, 1.54) is 33.4 Å². The van der Waals surface area contributed by atoms with E-state index in [2.05, 4.69) is 0 Å². The van der Waals surface area contributed by atoms with Crippen molar-refractivity contribution in [2.24, 2.45) is 5.92 Å². The van der Waals surface area contributed by atoms with Crippen LogP contribution in [0.1, 0.15) is 35.6 Å². The fourth-order valence-electron chi connectivity index (χ4n) is 5.51. The van der Waals surface area contributed by atoms with Crippen LogP contribution in [-0.2, 0) is 20.9 Å². The van der Waals surface area contributed by atoms with Gasteiger partial charge in [0.2, 0.25) is 17.7 Å². The van der Waals surface area contributed by atoms with Crippen LogP contribution >= 0.6 is 34.7 Å². The van der Waals surface area contributed by atoms with Gasteiger partial charge in [0.05, 0.1) is 16.6 Å². The molecule has 38 heavy (non-hydrogen) atoms. The minimum Gasteiger partial charge on any atom is -0.341 e. The van der Waals surface area contributed by atoms with Crippen molar-refractivity contribution >= 4 is 58.1 Å². The zero-order valence-corrected chi connectivity index (χ0v) is 22.5. The molecular formula is C27H23ClFN3O4S2. The van der Waals surface area contributed by atoms with Gasteiger partial charge in [-0.15, -0.1) is 0 Å². The summed E-state index contributed by atoms with van der Waals surface area (Å²) >= 11 is 8.18. The number of thioether (sulfide) groups is 1. The largest absolute Gasteiger partial charge is 0.341 e. The average molecular weight is 572 g/mol. The Balaban J connectivity index is 1.43. The van der Waals surface area contributed by atoms with Crippen LogP contribution in [0.4, 0.5) is 10.1 Å². The van der Waals surface area contributed by atoms with Crippen molar-refractivity contribution in [1.29, 1.82) is 0 Å². The summed E-state index contributed by atoms with van der Waals surface area (Å²) in [5.41, 5.74) is 1.05. The number of benzene rings is 2. The molecule has 0 aliphatic carbocycles. The maximum absolute atomic E-state index is 13.8. The molecule has 6 rings (SSSR count). The highest BCUT2D eigenvalue weighted by Crippen LogP contribution is 2.53. The molecule has 2 saturated heterocycles. The molecule has 3 aliphatic rings. The third-order valence-electron chi connectivity index (χ3n) is 7.37. The lowest BCUT2D eigenvalue weighted by Gasteiger charge is -2.31. The summed E-state index contributed by atoms with van der Waals surface area (Å²) in [6.07, 6.45) is 2.95. The van der Waals surface area contributed by atoms with E-state index >= 15 is 0 Å². The number of likely N-dealkylation sites (tertiary alicyclic amines) is 1. The number of carbonyl (C=O) groups is 3. The van der Waals surface area contributed by atoms with Crippen molar-refractivity contribution in [2.75, 3.05) is 18.0 Å². The molecule has 4 heterocycles. The second-order valence-electron chi connectivity index (χ2n) is 9.65. The van der Waals surface area contributed by atoms with Gasteiger partial charge < -0.3 is 4.90 Å². The van der Waals surface area contributed by atoms with E-state index in [4.69, 9.17) is 11.6 Å². The summed E-state index contributed by atoms with van der Waals surface area (Å²) < 4.78 is 15.3. The monoisotopic (exact) mass is 571 g/mol. The van der Waals surface area contributed by atoms with Gasteiger partial charge in [0.1, 0.15) is 17.6 Å². The first-order valence-electron chi connectivity index (χ1n) is 12.4. The van der Waals surface area contributed by atoms with Crippen LogP contribution in [0.15, 0.2) is 58.4 Å². The molecule has 2 unspecified atom stereocenters. The third kappa shape index (κ3) is 4.28. The van der Waals surface area contributed by atoms with Gasteiger partial charge in [-0.25, -0.2) is 9.29 Å². The highest BCUT2D eigenvalue weighted by atomic mass is 35.5. The van der Waals surface area contributed by atoms with E-state index in [0.29, 0.717) is 39.3 Å². The number of nitrogens with zero attached hydrogens (tertiary/aromatic N) is 3. The SMILES string of the molecule is O=C(Cn1c2c(sc1=O)[C@@H](c1ccc(F)cc1)C1C(=O)N(c3ccc(Cl)cc3)C(=O)C1S2)N1CCCCC1. The molecule has 0 saturated carbocycles. The lowest BCUT2D eigenvalue weighted by molar-refractivity contribution is -0.133. The molecule has 11 heteroatoms. The van der Waals surface area contributed by atoms with Gasteiger partial charge in [0.15, 0.2) is 0 Å². The lowest BCUT2D eigenvalue weighted by Crippen LogP contribution is -2.39. The van der Waals surface area contributed by atoms with Gasteiger partial charge >= 0.3 is 4.87 Å². The Hall–Kier alpha value is -2.95. The first-order chi connectivity index (χ1) is 18.3. The van der Waals surface area contributed by atoms with E-state index in [-0.39, 0.29) is 23.2 Å². The first-order valence-corrected chi connectivity index (χ1v) is 14.5. The summed E-state index contributed by atoms with van der Waals surface area (Å²) in [7, 11) is 0. The fourth-order valence-corrected chi connectivity index (χ4v) is 8.41. The number of fused-ring (bicyclic) bond motifs is 2. The van der Waals surface area contributed by atoms with Gasteiger partial charge in [-0.3, -0.25) is 23.7 Å². The summed E-state index contributed by atoms with van der Waals surface area (Å²) in [5, 5.41) is 0.208. The van der Waals surface area contributed by atoms with Crippen molar-refractivity contribution in [2.45, 2.75) is 42.0 Å². The van der Waals surface area contributed by atoms with Crippen LogP contribution in [0, 0.1) is 11.7 Å². The quantitative estimate of drug-likeness (QED) is 0.431. The van der Waals surface area contributed by atoms with Crippen molar-refractivity contribution in [3.63, 3.8) is 0 Å². The highest BCUT2D eigenvalue weighted by Gasteiger charge is 2.56. The molecule has 2 fully saturated rings. The first kappa shape index (κ1) is 25.3. The number of thiazole rings is 1. The summed E-state index contributed by atoms with van der Waals surface area (Å²) in [6, 6.07) is 12.3. The standard InChI is InChI=1S/C27H23ClFN3O4S2/c28-16-6-10-18(11-7-16)32-24(34)21-20(15-4-8-17(29)9-5-15)23-26(37-22(21)25(32)35)31(27(36)38-23)14-19(33)30-12-2-1-3-13-30/h4-11,20-22H,1-3,12-14H2/t20-,21?,22?/m0/s1.